The van der Waals surface area contributed by atoms with Crippen molar-refractivity contribution in [2.75, 3.05) is 5.73 Å². The van der Waals surface area contributed by atoms with Gasteiger partial charge in [0, 0.05) is 32.7 Å². The van der Waals surface area contributed by atoms with Crippen LogP contribution in [0.15, 0.2) is 17.1 Å². The van der Waals surface area contributed by atoms with Gasteiger partial charge >= 0.3 is 0 Å². The SMILES string of the molecule is N#CCn1c[c-]c(N)cc1=O.[Y]. The summed E-state index contributed by atoms with van der Waals surface area (Å²) in [7, 11) is 0. The van der Waals surface area contributed by atoms with Crippen LogP contribution in [0.25, 0.3) is 0 Å². The number of nitrogens with zero attached hydrogens (tertiary/aromatic N) is 2. The molecule has 2 N–H and O–H groups in total. The van der Waals surface area contributed by atoms with Gasteiger partial charge in [-0.05, 0) is 0 Å². The van der Waals surface area contributed by atoms with Crippen LogP contribution in [0.5, 0.6) is 0 Å². The van der Waals surface area contributed by atoms with E-state index in [-0.39, 0.29) is 44.8 Å². The van der Waals surface area contributed by atoms with Gasteiger partial charge in [-0.2, -0.15) is 5.26 Å². The molecule has 0 amide bonds. The van der Waals surface area contributed by atoms with Gasteiger partial charge in [-0.25, -0.2) is 6.07 Å². The van der Waals surface area contributed by atoms with E-state index in [4.69, 9.17) is 11.0 Å². The average Bonchev–Trinajstić information content (AvgIpc) is 1.95. The third-order valence-corrected chi connectivity index (χ3v) is 1.19. The van der Waals surface area contributed by atoms with Gasteiger partial charge in [-0.1, -0.05) is 6.20 Å². The molecule has 59 valence electrons. The normalized spacial score (nSPS) is 8.25. The summed E-state index contributed by atoms with van der Waals surface area (Å²) in [5.41, 5.74) is 5.29. The van der Waals surface area contributed by atoms with Crippen molar-refractivity contribution in [2.24, 2.45) is 0 Å². The molecule has 0 atom stereocenters. The summed E-state index contributed by atoms with van der Waals surface area (Å²) in [4.78, 5) is 10.9. The van der Waals surface area contributed by atoms with E-state index < -0.39 is 0 Å². The van der Waals surface area contributed by atoms with Crippen LogP contribution in [0, 0.1) is 17.4 Å². The fourth-order valence-corrected chi connectivity index (χ4v) is 0.673. The number of nitriles is 1. The van der Waals surface area contributed by atoms with Crippen LogP contribution in [0.3, 0.4) is 0 Å². The van der Waals surface area contributed by atoms with Gasteiger partial charge in [0.2, 0.25) is 0 Å². The van der Waals surface area contributed by atoms with Crippen LogP contribution in [0.2, 0.25) is 0 Å². The first-order chi connectivity index (χ1) is 5.24. The summed E-state index contributed by atoms with van der Waals surface area (Å²) < 4.78 is 1.23. The second-order valence-corrected chi connectivity index (χ2v) is 2.00. The van der Waals surface area contributed by atoms with Crippen molar-refractivity contribution in [3.8, 4) is 6.07 Å². The summed E-state index contributed by atoms with van der Waals surface area (Å²) in [6, 6.07) is 5.70. The van der Waals surface area contributed by atoms with Gasteiger partial charge in [-0.15, -0.1) is 11.8 Å². The summed E-state index contributed by atoms with van der Waals surface area (Å²) in [5, 5.41) is 8.26. The first kappa shape index (κ1) is 11.3. The summed E-state index contributed by atoms with van der Waals surface area (Å²) in [6.07, 6.45) is 1.38. The summed E-state index contributed by atoms with van der Waals surface area (Å²) in [5.74, 6) is 0. The van der Waals surface area contributed by atoms with Crippen LogP contribution in [-0.4, -0.2) is 4.57 Å². The van der Waals surface area contributed by atoms with E-state index in [9.17, 15) is 4.79 Å². The Labute approximate surface area is 94.9 Å². The van der Waals surface area contributed by atoms with Crippen molar-refractivity contribution in [1.82, 2.24) is 4.57 Å². The maximum atomic E-state index is 10.9. The third kappa shape index (κ3) is 2.76. The minimum atomic E-state index is -0.275. The zero-order valence-corrected chi connectivity index (χ0v) is 9.16. The number of nitrogen functional groups attached to an aromatic ring is 1. The molecule has 1 radical (unpaired) electrons. The Balaban J connectivity index is 0.00000121. The molecule has 0 saturated heterocycles. The molecule has 4 nitrogen and oxygen atoms in total. The Morgan fingerprint density at radius 1 is 1.75 bits per heavy atom. The van der Waals surface area contributed by atoms with Crippen LogP contribution < -0.4 is 11.3 Å². The monoisotopic (exact) mass is 237 g/mol. The van der Waals surface area contributed by atoms with E-state index in [2.05, 4.69) is 6.07 Å². The molecule has 0 aliphatic heterocycles. The van der Waals surface area contributed by atoms with E-state index in [1.807, 2.05) is 6.07 Å². The molecular weight excluding hydrogens is 231 g/mol. The molecular formula is C7H6N3OY-. The zero-order chi connectivity index (χ0) is 8.27. The largest absolute Gasteiger partial charge is 0.431 e. The quantitative estimate of drug-likeness (QED) is 0.684. The Morgan fingerprint density at radius 2 is 2.42 bits per heavy atom. The number of anilines is 1. The van der Waals surface area contributed by atoms with Crippen LogP contribution >= 0.6 is 0 Å². The van der Waals surface area contributed by atoms with E-state index in [0.29, 0.717) is 5.69 Å². The molecule has 0 fully saturated rings. The topological polar surface area (TPSA) is 71.8 Å². The zero-order valence-electron chi connectivity index (χ0n) is 6.32. The average molecular weight is 237 g/mol. The molecule has 1 rings (SSSR count). The predicted octanol–water partition coefficient (Wildman–Crippen LogP) is -0.248. The number of aromatic nitrogens is 1. The summed E-state index contributed by atoms with van der Waals surface area (Å²) in [6.45, 7) is 0.0373. The predicted molar refractivity (Wildman–Crippen MR) is 39.6 cm³/mol. The van der Waals surface area contributed by atoms with Crippen molar-refractivity contribution >= 4 is 5.69 Å². The van der Waals surface area contributed by atoms with Gasteiger partial charge in [0.05, 0.1) is 6.07 Å². The van der Waals surface area contributed by atoms with Crippen LogP contribution in [0.4, 0.5) is 5.69 Å². The van der Waals surface area contributed by atoms with Crippen molar-refractivity contribution < 1.29 is 32.7 Å². The van der Waals surface area contributed by atoms with Crippen molar-refractivity contribution in [3.05, 3.63) is 28.7 Å². The van der Waals surface area contributed by atoms with E-state index in [1.165, 1.54) is 16.8 Å². The minimum absolute atomic E-state index is 0. The molecule has 1 heterocycles. The Kier molecular flexibility index (Phi) is 4.79. The molecule has 1 aromatic rings. The number of nitrogens with two attached hydrogens (primary N) is 1. The molecule has 0 spiro atoms. The van der Waals surface area contributed by atoms with E-state index >= 15 is 0 Å². The maximum absolute atomic E-state index is 10.9. The summed E-state index contributed by atoms with van der Waals surface area (Å²) >= 11 is 0. The molecule has 12 heavy (non-hydrogen) atoms. The molecule has 0 aliphatic carbocycles. The molecule has 0 aromatic carbocycles. The van der Waals surface area contributed by atoms with Crippen molar-refractivity contribution in [1.29, 1.82) is 5.26 Å². The number of hydrogen-bond acceptors (Lipinski definition) is 3. The molecule has 0 bridgehead atoms. The fourth-order valence-electron chi connectivity index (χ4n) is 0.673. The van der Waals surface area contributed by atoms with E-state index in [0.717, 1.165) is 0 Å². The Bertz CT molecular complexity index is 352. The van der Waals surface area contributed by atoms with Gasteiger partial charge in [0.25, 0.3) is 0 Å². The smallest absolute Gasteiger partial charge is 0.170 e. The molecule has 1 aromatic heterocycles. The molecule has 5 heteroatoms. The minimum Gasteiger partial charge on any atom is -0.431 e. The number of pyridine rings is 1. The van der Waals surface area contributed by atoms with Gasteiger partial charge in [0.15, 0.2) is 5.56 Å². The second-order valence-electron chi connectivity index (χ2n) is 2.00. The van der Waals surface area contributed by atoms with Gasteiger partial charge in [-0.3, -0.25) is 4.79 Å². The van der Waals surface area contributed by atoms with Crippen LogP contribution in [-0.2, 0) is 39.3 Å². The standard InChI is InChI=1S/C7H6N3O.Y/c8-2-4-10-3-1-6(9)5-7(10)11;/h3,5H,4,9H2;/q-1;. The number of hydrogen-bond donors (Lipinski definition) is 1. The molecule has 0 saturated carbocycles. The molecule has 0 unspecified atom stereocenters. The second kappa shape index (κ2) is 5.07. The maximum Gasteiger partial charge on any atom is 0.170 e. The van der Waals surface area contributed by atoms with E-state index in [1.54, 1.807) is 0 Å². The van der Waals surface area contributed by atoms with Crippen molar-refractivity contribution in [2.45, 2.75) is 6.54 Å². The molecule has 0 aliphatic rings. The van der Waals surface area contributed by atoms with Crippen molar-refractivity contribution in [3.63, 3.8) is 0 Å². The fraction of sp³-hybridized carbons (Fsp3) is 0.143. The Hall–Kier alpha value is -0.656. The van der Waals surface area contributed by atoms with Crippen LogP contribution in [0.1, 0.15) is 0 Å². The van der Waals surface area contributed by atoms with Gasteiger partial charge < -0.3 is 10.3 Å². The third-order valence-electron chi connectivity index (χ3n) is 1.19. The van der Waals surface area contributed by atoms with Gasteiger partial charge in [0.1, 0.15) is 6.54 Å². The first-order valence-electron chi connectivity index (χ1n) is 2.98. The Morgan fingerprint density at radius 3 is 2.92 bits per heavy atom. The number of rotatable bonds is 1. The first-order valence-corrected chi connectivity index (χ1v) is 2.98.